The first-order valence-corrected chi connectivity index (χ1v) is 8.51. The Morgan fingerprint density at radius 1 is 0.800 bits per heavy atom. The molecule has 1 saturated heterocycles. The number of carbonyl (C=O) groups excluding carboxylic acids is 2. The molecule has 25 heavy (non-hydrogen) atoms. The molecule has 0 bridgehead atoms. The molecule has 0 aliphatic carbocycles. The van der Waals surface area contributed by atoms with Crippen LogP contribution in [0.1, 0.15) is 23.7 Å². The van der Waals surface area contributed by atoms with E-state index < -0.39 is 0 Å². The molecule has 2 aromatic rings. The van der Waals surface area contributed by atoms with Crippen LogP contribution in [0.2, 0.25) is 0 Å². The molecule has 0 atom stereocenters. The molecule has 130 valence electrons. The van der Waals surface area contributed by atoms with Gasteiger partial charge in [0.2, 0.25) is 5.91 Å². The Bertz CT molecular complexity index is 728. The van der Waals surface area contributed by atoms with E-state index in [0.717, 1.165) is 12.2 Å². The zero-order valence-corrected chi connectivity index (χ0v) is 14.4. The van der Waals surface area contributed by atoms with Gasteiger partial charge in [0, 0.05) is 38.7 Å². The van der Waals surface area contributed by atoms with E-state index in [0.29, 0.717) is 37.5 Å². The molecule has 5 heteroatoms. The van der Waals surface area contributed by atoms with Crippen molar-refractivity contribution in [2.75, 3.05) is 26.2 Å². The van der Waals surface area contributed by atoms with E-state index in [9.17, 15) is 9.59 Å². The third kappa shape index (κ3) is 4.38. The number of para-hydroxylation sites is 1. The minimum atomic E-state index is -0.00309. The number of hydrogen-bond donors (Lipinski definition) is 0. The molecule has 2 amide bonds. The number of rotatable bonds is 3. The van der Waals surface area contributed by atoms with E-state index in [4.69, 9.17) is 4.74 Å². The predicted molar refractivity (Wildman–Crippen MR) is 95.7 cm³/mol. The summed E-state index contributed by atoms with van der Waals surface area (Å²) < 4.78 is 5.75. The minimum Gasteiger partial charge on any atom is -0.457 e. The summed E-state index contributed by atoms with van der Waals surface area (Å²) in [5.74, 6) is 1.52. The maximum Gasteiger partial charge on any atom is 0.253 e. The van der Waals surface area contributed by atoms with Crippen molar-refractivity contribution in [3.05, 3.63) is 60.2 Å². The smallest absolute Gasteiger partial charge is 0.253 e. The van der Waals surface area contributed by atoms with E-state index in [1.54, 1.807) is 36.1 Å². The highest BCUT2D eigenvalue weighted by atomic mass is 16.5. The topological polar surface area (TPSA) is 49.9 Å². The van der Waals surface area contributed by atoms with Gasteiger partial charge in [-0.1, -0.05) is 18.2 Å². The summed E-state index contributed by atoms with van der Waals surface area (Å²) in [4.78, 5) is 27.8. The zero-order valence-electron chi connectivity index (χ0n) is 14.4. The standard InChI is InChI=1S/C20H22N2O3/c1-16(23)21-12-5-13-22(15-14-21)20(24)17-8-10-19(11-9-17)25-18-6-3-2-4-7-18/h2-4,6-11H,5,12-15H2,1H3. The normalized spacial score (nSPS) is 14.8. The van der Waals surface area contributed by atoms with E-state index in [1.807, 2.05) is 35.2 Å². The van der Waals surface area contributed by atoms with Crippen LogP contribution in [0.15, 0.2) is 54.6 Å². The fraction of sp³-hybridized carbons (Fsp3) is 0.300. The van der Waals surface area contributed by atoms with E-state index in [-0.39, 0.29) is 11.8 Å². The molecule has 0 unspecified atom stereocenters. The third-order valence-corrected chi connectivity index (χ3v) is 4.31. The van der Waals surface area contributed by atoms with Gasteiger partial charge in [0.25, 0.3) is 5.91 Å². The second-order valence-electron chi connectivity index (χ2n) is 6.09. The largest absolute Gasteiger partial charge is 0.457 e. The van der Waals surface area contributed by atoms with Gasteiger partial charge >= 0.3 is 0 Å². The second-order valence-corrected chi connectivity index (χ2v) is 6.09. The van der Waals surface area contributed by atoms with E-state index in [2.05, 4.69) is 0 Å². The quantitative estimate of drug-likeness (QED) is 0.864. The molecule has 1 fully saturated rings. The van der Waals surface area contributed by atoms with Crippen LogP contribution in [0.25, 0.3) is 0 Å². The van der Waals surface area contributed by atoms with Crippen molar-refractivity contribution < 1.29 is 14.3 Å². The van der Waals surface area contributed by atoms with E-state index >= 15 is 0 Å². The van der Waals surface area contributed by atoms with Crippen molar-refractivity contribution in [1.29, 1.82) is 0 Å². The van der Waals surface area contributed by atoms with Gasteiger partial charge in [0.15, 0.2) is 0 Å². The summed E-state index contributed by atoms with van der Waals surface area (Å²) in [5.41, 5.74) is 0.636. The Labute approximate surface area is 147 Å². The van der Waals surface area contributed by atoms with Crippen LogP contribution in [0.3, 0.4) is 0 Å². The van der Waals surface area contributed by atoms with E-state index in [1.165, 1.54) is 0 Å². The molecule has 3 rings (SSSR count). The number of benzene rings is 2. The van der Waals surface area contributed by atoms with Crippen molar-refractivity contribution in [3.8, 4) is 11.5 Å². The number of amides is 2. The molecule has 1 heterocycles. The third-order valence-electron chi connectivity index (χ3n) is 4.31. The van der Waals surface area contributed by atoms with Gasteiger partial charge in [-0.25, -0.2) is 0 Å². The average molecular weight is 338 g/mol. The molecule has 0 aromatic heterocycles. The van der Waals surface area contributed by atoms with Crippen molar-refractivity contribution in [1.82, 2.24) is 9.80 Å². The lowest BCUT2D eigenvalue weighted by Gasteiger charge is -2.21. The van der Waals surface area contributed by atoms with Gasteiger partial charge in [-0.2, -0.15) is 0 Å². The van der Waals surface area contributed by atoms with Gasteiger partial charge in [-0.05, 0) is 42.8 Å². The monoisotopic (exact) mass is 338 g/mol. The van der Waals surface area contributed by atoms with Crippen LogP contribution in [-0.2, 0) is 4.79 Å². The lowest BCUT2D eigenvalue weighted by atomic mass is 10.2. The lowest BCUT2D eigenvalue weighted by Crippen LogP contribution is -2.36. The number of hydrogen-bond acceptors (Lipinski definition) is 3. The number of nitrogens with zero attached hydrogens (tertiary/aromatic N) is 2. The van der Waals surface area contributed by atoms with Crippen molar-refractivity contribution >= 4 is 11.8 Å². The predicted octanol–water partition coefficient (Wildman–Crippen LogP) is 3.17. The lowest BCUT2D eigenvalue weighted by molar-refractivity contribution is -0.128. The number of ether oxygens (including phenoxy) is 1. The molecule has 0 saturated carbocycles. The summed E-state index contributed by atoms with van der Waals surface area (Å²) in [6, 6.07) is 16.7. The van der Waals surface area contributed by atoms with Crippen molar-refractivity contribution in [2.45, 2.75) is 13.3 Å². The Kier molecular flexibility index (Phi) is 5.33. The molecule has 1 aliphatic rings. The zero-order chi connectivity index (χ0) is 17.6. The first-order chi connectivity index (χ1) is 12.1. The molecular formula is C20H22N2O3. The SMILES string of the molecule is CC(=O)N1CCCN(C(=O)c2ccc(Oc3ccccc3)cc2)CC1. The van der Waals surface area contributed by atoms with Crippen LogP contribution >= 0.6 is 0 Å². The maximum absolute atomic E-state index is 12.7. The Hall–Kier alpha value is -2.82. The highest BCUT2D eigenvalue weighted by Gasteiger charge is 2.21. The summed E-state index contributed by atoms with van der Waals surface area (Å²) in [6.07, 6.45) is 0.806. The van der Waals surface area contributed by atoms with Gasteiger partial charge in [-0.15, -0.1) is 0 Å². The molecule has 1 aliphatic heterocycles. The van der Waals surface area contributed by atoms with Gasteiger partial charge in [0.1, 0.15) is 11.5 Å². The molecule has 5 nitrogen and oxygen atoms in total. The van der Waals surface area contributed by atoms with Crippen molar-refractivity contribution in [3.63, 3.8) is 0 Å². The van der Waals surface area contributed by atoms with Gasteiger partial charge < -0.3 is 14.5 Å². The maximum atomic E-state index is 12.7. The molecule has 0 radical (unpaired) electrons. The highest BCUT2D eigenvalue weighted by Crippen LogP contribution is 2.21. The molecule has 2 aromatic carbocycles. The first-order valence-electron chi connectivity index (χ1n) is 8.51. The fourth-order valence-corrected chi connectivity index (χ4v) is 2.91. The van der Waals surface area contributed by atoms with Gasteiger partial charge in [-0.3, -0.25) is 9.59 Å². The van der Waals surface area contributed by atoms with Crippen LogP contribution in [0, 0.1) is 0 Å². The second kappa shape index (κ2) is 7.83. The minimum absolute atomic E-state index is 0.00309. The summed E-state index contributed by atoms with van der Waals surface area (Å²) >= 11 is 0. The highest BCUT2D eigenvalue weighted by molar-refractivity contribution is 5.94. The molecule has 0 N–H and O–H groups in total. The Balaban J connectivity index is 1.63. The van der Waals surface area contributed by atoms with Crippen LogP contribution < -0.4 is 4.74 Å². The van der Waals surface area contributed by atoms with Crippen LogP contribution in [0.4, 0.5) is 0 Å². The van der Waals surface area contributed by atoms with Crippen molar-refractivity contribution in [2.24, 2.45) is 0 Å². The summed E-state index contributed by atoms with van der Waals surface area (Å²) in [6.45, 7) is 4.12. The molecule has 0 spiro atoms. The Morgan fingerprint density at radius 3 is 2.08 bits per heavy atom. The van der Waals surface area contributed by atoms with Crippen LogP contribution in [-0.4, -0.2) is 47.8 Å². The van der Waals surface area contributed by atoms with Gasteiger partial charge in [0.05, 0.1) is 0 Å². The summed E-state index contributed by atoms with van der Waals surface area (Å²) in [7, 11) is 0. The first kappa shape index (κ1) is 17.0. The average Bonchev–Trinajstić information content (AvgIpc) is 2.89. The fourth-order valence-electron chi connectivity index (χ4n) is 2.91. The summed E-state index contributed by atoms with van der Waals surface area (Å²) in [5, 5.41) is 0. The Morgan fingerprint density at radius 2 is 1.40 bits per heavy atom. The number of carbonyl (C=O) groups is 2. The molecular weight excluding hydrogens is 316 g/mol. The van der Waals surface area contributed by atoms with Crippen LogP contribution in [0.5, 0.6) is 11.5 Å².